The number of amides is 2. The number of nitrogens with one attached hydrogen (secondary N) is 4. The van der Waals surface area contributed by atoms with Crippen molar-refractivity contribution in [2.45, 2.75) is 26.1 Å². The number of hydrogen-bond donors (Lipinski definition) is 4. The number of anilines is 1. The summed E-state index contributed by atoms with van der Waals surface area (Å²) in [6.45, 7) is 7.43. The summed E-state index contributed by atoms with van der Waals surface area (Å²) in [5.41, 5.74) is -0.911. The third-order valence-corrected chi connectivity index (χ3v) is 5.25. The summed E-state index contributed by atoms with van der Waals surface area (Å²) in [6, 6.07) is 3.16. The van der Waals surface area contributed by atoms with E-state index >= 15 is 0 Å². The van der Waals surface area contributed by atoms with Crippen LogP contribution in [0.25, 0.3) is 0 Å². The average molecular weight is 423 g/mol. The lowest BCUT2D eigenvalue weighted by atomic mass is 10.2. The van der Waals surface area contributed by atoms with Gasteiger partial charge >= 0.3 is 6.18 Å². The molecule has 2 amide bonds. The van der Waals surface area contributed by atoms with E-state index < -0.39 is 16.8 Å². The largest absolute Gasteiger partial charge is 0.417 e. The Balaban J connectivity index is 1.86. The lowest BCUT2D eigenvalue weighted by Crippen LogP contribution is -3.30. The number of hydrogen-bond acceptors (Lipinski definition) is 2. The van der Waals surface area contributed by atoms with Crippen molar-refractivity contribution < 1.29 is 32.6 Å². The first-order valence-electron chi connectivity index (χ1n) is 9.24. The molecular formula is C18H26ClF3N4O2+2. The molecule has 1 saturated heterocycles. The second kappa shape index (κ2) is 9.58. The quantitative estimate of drug-likeness (QED) is 0.504. The van der Waals surface area contributed by atoms with Crippen molar-refractivity contribution in [3.63, 3.8) is 0 Å². The van der Waals surface area contributed by atoms with Crippen molar-refractivity contribution in [1.29, 1.82) is 0 Å². The molecule has 10 heteroatoms. The van der Waals surface area contributed by atoms with Gasteiger partial charge in [0, 0.05) is 12.2 Å². The molecule has 28 heavy (non-hydrogen) atoms. The predicted octanol–water partition coefficient (Wildman–Crippen LogP) is -0.395. The number of carbonyl (C=O) groups excluding carboxylic acids is 2. The number of halogens is 4. The molecule has 0 bridgehead atoms. The normalized spacial score (nSPS) is 21.1. The summed E-state index contributed by atoms with van der Waals surface area (Å²) in [5.74, 6) is -0.340. The highest BCUT2D eigenvalue weighted by Gasteiger charge is 2.34. The van der Waals surface area contributed by atoms with Crippen LogP contribution >= 0.6 is 11.6 Å². The monoisotopic (exact) mass is 422 g/mol. The van der Waals surface area contributed by atoms with Crippen LogP contribution < -0.4 is 20.4 Å². The third kappa shape index (κ3) is 6.08. The van der Waals surface area contributed by atoms with Crippen LogP contribution in [0.1, 0.15) is 19.4 Å². The SMILES string of the molecule is CCNC(=O)[C@H](C)[NH+]1CC[NH+](CC(=O)Nc2ccc(Cl)c(C(F)(F)F)c2)CC1. The Labute approximate surface area is 167 Å². The van der Waals surface area contributed by atoms with Crippen molar-refractivity contribution in [1.82, 2.24) is 5.32 Å². The molecule has 1 aromatic rings. The highest BCUT2D eigenvalue weighted by atomic mass is 35.5. The van der Waals surface area contributed by atoms with Crippen molar-refractivity contribution in [3.8, 4) is 0 Å². The first kappa shape index (κ1) is 22.4. The minimum absolute atomic E-state index is 0.0156. The minimum atomic E-state index is -4.58. The number of likely N-dealkylation sites (N-methyl/N-ethyl adjacent to an activating group) is 1. The molecule has 6 nitrogen and oxygen atoms in total. The van der Waals surface area contributed by atoms with Gasteiger partial charge in [-0.3, -0.25) is 9.59 Å². The molecule has 0 spiro atoms. The van der Waals surface area contributed by atoms with Gasteiger partial charge in [-0.1, -0.05) is 11.6 Å². The topological polar surface area (TPSA) is 67.1 Å². The fourth-order valence-corrected chi connectivity index (χ4v) is 3.52. The average Bonchev–Trinajstić information content (AvgIpc) is 2.62. The van der Waals surface area contributed by atoms with E-state index in [2.05, 4.69) is 10.6 Å². The van der Waals surface area contributed by atoms with Crippen LogP contribution in [0.4, 0.5) is 18.9 Å². The maximum Gasteiger partial charge on any atom is 0.417 e. The molecular weight excluding hydrogens is 397 g/mol. The van der Waals surface area contributed by atoms with Gasteiger partial charge in [0.05, 0.1) is 10.6 Å². The van der Waals surface area contributed by atoms with Crippen molar-refractivity contribution >= 4 is 29.1 Å². The van der Waals surface area contributed by atoms with E-state index in [1.54, 1.807) is 0 Å². The number of benzene rings is 1. The number of piperazine rings is 1. The molecule has 156 valence electrons. The Morgan fingerprint density at radius 2 is 1.86 bits per heavy atom. The smallest absolute Gasteiger partial charge is 0.351 e. The van der Waals surface area contributed by atoms with Crippen LogP contribution in [-0.4, -0.2) is 57.1 Å². The van der Waals surface area contributed by atoms with E-state index in [4.69, 9.17) is 11.6 Å². The zero-order valence-corrected chi connectivity index (χ0v) is 16.6. The fourth-order valence-electron chi connectivity index (χ4n) is 3.30. The van der Waals surface area contributed by atoms with Gasteiger partial charge in [-0.15, -0.1) is 0 Å². The Morgan fingerprint density at radius 3 is 2.43 bits per heavy atom. The molecule has 1 heterocycles. The van der Waals surface area contributed by atoms with E-state index in [1.807, 2.05) is 13.8 Å². The zero-order chi connectivity index (χ0) is 20.9. The van der Waals surface area contributed by atoms with E-state index in [1.165, 1.54) is 11.0 Å². The summed E-state index contributed by atoms with van der Waals surface area (Å²) in [5, 5.41) is 4.91. The molecule has 0 radical (unpaired) electrons. The Bertz CT molecular complexity index is 707. The predicted molar refractivity (Wildman–Crippen MR) is 99.5 cm³/mol. The van der Waals surface area contributed by atoms with Crippen LogP contribution in [0.3, 0.4) is 0 Å². The lowest BCUT2D eigenvalue weighted by molar-refractivity contribution is -1.01. The minimum Gasteiger partial charge on any atom is -0.351 e. The molecule has 0 unspecified atom stereocenters. The van der Waals surface area contributed by atoms with E-state index in [-0.39, 0.29) is 30.1 Å². The number of carbonyl (C=O) groups is 2. The summed E-state index contributed by atoms with van der Waals surface area (Å²) >= 11 is 5.59. The third-order valence-electron chi connectivity index (χ3n) is 4.92. The van der Waals surface area contributed by atoms with E-state index in [0.717, 1.165) is 30.1 Å². The zero-order valence-electron chi connectivity index (χ0n) is 15.9. The van der Waals surface area contributed by atoms with Gasteiger partial charge in [0.15, 0.2) is 12.6 Å². The van der Waals surface area contributed by atoms with Crippen LogP contribution in [0.15, 0.2) is 18.2 Å². The highest BCUT2D eigenvalue weighted by Crippen LogP contribution is 2.36. The van der Waals surface area contributed by atoms with Crippen LogP contribution in [-0.2, 0) is 15.8 Å². The molecule has 1 aliphatic heterocycles. The Hall–Kier alpha value is -1.84. The van der Waals surface area contributed by atoms with Gasteiger partial charge in [0.2, 0.25) is 0 Å². The Kier molecular flexibility index (Phi) is 7.68. The van der Waals surface area contributed by atoms with E-state index in [0.29, 0.717) is 19.6 Å². The molecule has 1 atom stereocenters. The van der Waals surface area contributed by atoms with Crippen LogP contribution in [0.5, 0.6) is 0 Å². The van der Waals surface area contributed by atoms with Gasteiger partial charge in [0.1, 0.15) is 26.2 Å². The molecule has 4 N–H and O–H groups in total. The first-order chi connectivity index (χ1) is 13.1. The van der Waals surface area contributed by atoms with Crippen LogP contribution in [0, 0.1) is 0 Å². The van der Waals surface area contributed by atoms with Gasteiger partial charge in [-0.05, 0) is 32.0 Å². The van der Waals surface area contributed by atoms with Gasteiger partial charge < -0.3 is 20.4 Å². The van der Waals surface area contributed by atoms with Crippen molar-refractivity contribution in [2.75, 3.05) is 44.6 Å². The first-order valence-corrected chi connectivity index (χ1v) is 9.62. The molecule has 1 fully saturated rings. The maximum absolute atomic E-state index is 12.9. The lowest BCUT2D eigenvalue weighted by Gasteiger charge is -2.32. The number of rotatable bonds is 6. The fraction of sp³-hybridized carbons (Fsp3) is 0.556. The molecule has 2 rings (SSSR count). The number of alkyl halides is 3. The van der Waals surface area contributed by atoms with Crippen molar-refractivity contribution in [3.05, 3.63) is 28.8 Å². The van der Waals surface area contributed by atoms with Gasteiger partial charge in [-0.25, -0.2) is 0 Å². The second-order valence-corrected chi connectivity index (χ2v) is 7.35. The van der Waals surface area contributed by atoms with Crippen molar-refractivity contribution in [2.24, 2.45) is 0 Å². The molecule has 0 saturated carbocycles. The highest BCUT2D eigenvalue weighted by molar-refractivity contribution is 6.31. The summed E-state index contributed by atoms with van der Waals surface area (Å²) in [6.07, 6.45) is -4.58. The molecule has 0 aliphatic carbocycles. The molecule has 1 aliphatic rings. The molecule has 1 aromatic carbocycles. The van der Waals surface area contributed by atoms with Gasteiger partial charge in [-0.2, -0.15) is 13.2 Å². The summed E-state index contributed by atoms with van der Waals surface area (Å²) in [7, 11) is 0. The van der Waals surface area contributed by atoms with Crippen LogP contribution in [0.2, 0.25) is 5.02 Å². The summed E-state index contributed by atoms with van der Waals surface area (Å²) in [4.78, 5) is 26.4. The standard InChI is InChI=1S/C18H24ClF3N4O2/c1-3-23-17(28)12(2)26-8-6-25(7-9-26)11-16(27)24-13-4-5-15(19)14(10-13)18(20,21)22/h4-5,10,12H,3,6-9,11H2,1-2H3,(H,23,28)(H,24,27)/p+2/t12-/m0/s1. The summed E-state index contributed by atoms with van der Waals surface area (Å²) < 4.78 is 38.7. The second-order valence-electron chi connectivity index (χ2n) is 6.94. The maximum atomic E-state index is 12.9. The number of quaternary nitrogens is 2. The molecule has 0 aromatic heterocycles. The van der Waals surface area contributed by atoms with Gasteiger partial charge in [0.25, 0.3) is 11.8 Å². The van der Waals surface area contributed by atoms with E-state index in [9.17, 15) is 22.8 Å². The Morgan fingerprint density at radius 1 is 1.21 bits per heavy atom.